The Kier molecular flexibility index (Phi) is 6.89. The van der Waals surface area contributed by atoms with Crippen LogP contribution in [0.2, 0.25) is 0 Å². The van der Waals surface area contributed by atoms with Gasteiger partial charge in [0.1, 0.15) is 10.7 Å². The zero-order valence-electron chi connectivity index (χ0n) is 11.8. The molecule has 0 saturated carbocycles. The number of nitrogens with zero attached hydrogens (tertiary/aromatic N) is 1. The van der Waals surface area contributed by atoms with Gasteiger partial charge in [-0.3, -0.25) is 9.00 Å². The number of hydrogen-bond donors (Lipinski definition) is 3. The number of rotatable bonds is 8. The van der Waals surface area contributed by atoms with Gasteiger partial charge in [-0.25, -0.2) is 4.98 Å². The second-order valence-electron chi connectivity index (χ2n) is 4.27. The highest BCUT2D eigenvalue weighted by molar-refractivity contribution is 7.84. The Balaban J connectivity index is 2.61. The largest absolute Gasteiger partial charge is 0.383 e. The normalized spacial score (nSPS) is 13.8. The summed E-state index contributed by atoms with van der Waals surface area (Å²) in [5.74, 6) is 0.304. The number of amides is 1. The predicted molar refractivity (Wildman–Crippen MR) is 82.8 cm³/mol. The van der Waals surface area contributed by atoms with E-state index in [0.29, 0.717) is 28.9 Å². The van der Waals surface area contributed by atoms with E-state index in [4.69, 9.17) is 10.5 Å². The number of carbonyl (C=O) groups excluding carboxylic acids is 1. The van der Waals surface area contributed by atoms with Gasteiger partial charge >= 0.3 is 0 Å². The van der Waals surface area contributed by atoms with Crippen molar-refractivity contribution in [1.82, 2.24) is 10.3 Å². The molecular weight excluding hydrogens is 300 g/mol. The highest BCUT2D eigenvalue weighted by Crippen LogP contribution is 2.24. The minimum absolute atomic E-state index is 0.181. The first-order chi connectivity index (χ1) is 9.43. The minimum Gasteiger partial charge on any atom is -0.383 e. The molecule has 0 saturated heterocycles. The highest BCUT2D eigenvalue weighted by atomic mass is 32.2. The molecule has 0 fully saturated rings. The summed E-state index contributed by atoms with van der Waals surface area (Å²) < 4.78 is 16.0. The van der Waals surface area contributed by atoms with Crippen LogP contribution in [0.5, 0.6) is 0 Å². The van der Waals surface area contributed by atoms with Gasteiger partial charge in [0.05, 0.1) is 6.61 Å². The first kappa shape index (κ1) is 16.9. The average Bonchev–Trinajstić information content (AvgIpc) is 2.69. The van der Waals surface area contributed by atoms with E-state index in [-0.39, 0.29) is 17.8 Å². The number of thiazole rings is 1. The summed E-state index contributed by atoms with van der Waals surface area (Å²) in [6.07, 6.45) is 1.60. The molecule has 1 rings (SSSR count). The molecule has 1 aromatic rings. The summed E-state index contributed by atoms with van der Waals surface area (Å²) in [6.45, 7) is 2.93. The summed E-state index contributed by atoms with van der Waals surface area (Å²) >= 11 is 1.19. The third-order valence-corrected chi connectivity index (χ3v) is 4.30. The molecule has 1 amide bonds. The van der Waals surface area contributed by atoms with Crippen molar-refractivity contribution in [1.29, 1.82) is 0 Å². The van der Waals surface area contributed by atoms with Crippen LogP contribution in [-0.4, -0.2) is 53.4 Å². The SMILES string of the molecule is COCCNc1nc(N)c(C(=O)NC(C)CS(C)=O)s1. The molecule has 0 aromatic carbocycles. The molecule has 114 valence electrons. The molecule has 20 heavy (non-hydrogen) atoms. The minimum atomic E-state index is -0.958. The van der Waals surface area contributed by atoms with E-state index >= 15 is 0 Å². The smallest absolute Gasteiger partial charge is 0.265 e. The lowest BCUT2D eigenvalue weighted by atomic mass is 10.3. The van der Waals surface area contributed by atoms with Crippen molar-refractivity contribution in [2.24, 2.45) is 0 Å². The molecule has 1 aromatic heterocycles. The van der Waals surface area contributed by atoms with Gasteiger partial charge in [-0.2, -0.15) is 0 Å². The Morgan fingerprint density at radius 3 is 2.90 bits per heavy atom. The van der Waals surface area contributed by atoms with Crippen molar-refractivity contribution >= 4 is 39.0 Å². The number of nitrogen functional groups attached to an aromatic ring is 1. The third-order valence-electron chi connectivity index (χ3n) is 2.30. The van der Waals surface area contributed by atoms with Gasteiger partial charge < -0.3 is 21.1 Å². The Labute approximate surface area is 124 Å². The zero-order valence-corrected chi connectivity index (χ0v) is 13.4. The van der Waals surface area contributed by atoms with Gasteiger partial charge in [0, 0.05) is 42.5 Å². The van der Waals surface area contributed by atoms with Crippen LogP contribution >= 0.6 is 11.3 Å². The van der Waals surface area contributed by atoms with Gasteiger partial charge in [0.25, 0.3) is 5.91 Å². The van der Waals surface area contributed by atoms with Gasteiger partial charge in [-0.15, -0.1) is 0 Å². The molecule has 9 heteroatoms. The lowest BCUT2D eigenvalue weighted by molar-refractivity contribution is 0.0948. The summed E-state index contributed by atoms with van der Waals surface area (Å²) in [4.78, 5) is 16.5. The molecular formula is C11H20N4O3S2. The Bertz CT molecular complexity index is 478. The van der Waals surface area contributed by atoms with Crippen molar-refractivity contribution in [3.63, 3.8) is 0 Å². The molecule has 0 aliphatic rings. The number of ether oxygens (including phenoxy) is 1. The summed E-state index contributed by atoms with van der Waals surface area (Å²) in [6, 6.07) is -0.181. The number of nitrogens with one attached hydrogen (secondary N) is 2. The Hall–Kier alpha value is -1.19. The first-order valence-electron chi connectivity index (χ1n) is 6.04. The molecule has 2 unspecified atom stereocenters. The number of carbonyl (C=O) groups is 1. The van der Waals surface area contributed by atoms with E-state index in [0.717, 1.165) is 0 Å². The van der Waals surface area contributed by atoms with Crippen molar-refractivity contribution in [3.05, 3.63) is 4.88 Å². The van der Waals surface area contributed by atoms with Crippen molar-refractivity contribution < 1.29 is 13.7 Å². The van der Waals surface area contributed by atoms with Crippen molar-refractivity contribution in [2.75, 3.05) is 43.3 Å². The standard InChI is InChI=1S/C11H20N4O3S2/c1-7(6-20(3)17)14-10(16)8-9(12)15-11(19-8)13-4-5-18-2/h7H,4-6,12H2,1-3H3,(H,13,15)(H,14,16). The van der Waals surface area contributed by atoms with Crippen LogP contribution < -0.4 is 16.4 Å². The maximum Gasteiger partial charge on any atom is 0.265 e. The summed E-state index contributed by atoms with van der Waals surface area (Å²) in [5, 5.41) is 6.36. The van der Waals surface area contributed by atoms with Crippen molar-refractivity contribution in [2.45, 2.75) is 13.0 Å². The van der Waals surface area contributed by atoms with Crippen LogP contribution in [0.3, 0.4) is 0 Å². The van der Waals surface area contributed by atoms with E-state index in [1.54, 1.807) is 20.3 Å². The number of aromatic nitrogens is 1. The maximum atomic E-state index is 12.0. The summed E-state index contributed by atoms with van der Waals surface area (Å²) in [7, 11) is 0.648. The van der Waals surface area contributed by atoms with E-state index < -0.39 is 10.8 Å². The molecule has 1 heterocycles. The third kappa shape index (κ3) is 5.43. The molecule has 7 nitrogen and oxygen atoms in total. The maximum absolute atomic E-state index is 12.0. The van der Waals surface area contributed by atoms with Gasteiger partial charge in [-0.05, 0) is 6.92 Å². The fourth-order valence-electron chi connectivity index (χ4n) is 1.51. The molecule has 0 bridgehead atoms. The van der Waals surface area contributed by atoms with Crippen LogP contribution in [0, 0.1) is 0 Å². The molecule has 0 radical (unpaired) electrons. The number of anilines is 2. The van der Waals surface area contributed by atoms with E-state index in [1.807, 2.05) is 0 Å². The number of nitrogens with two attached hydrogens (primary N) is 1. The molecule has 2 atom stereocenters. The first-order valence-corrected chi connectivity index (χ1v) is 8.58. The predicted octanol–water partition coefficient (Wildman–Crippen LogP) is 0.280. The topological polar surface area (TPSA) is 106 Å². The van der Waals surface area contributed by atoms with Crippen molar-refractivity contribution in [3.8, 4) is 0 Å². The van der Waals surface area contributed by atoms with E-state index in [2.05, 4.69) is 15.6 Å². The Morgan fingerprint density at radius 2 is 2.30 bits per heavy atom. The average molecular weight is 320 g/mol. The summed E-state index contributed by atoms with van der Waals surface area (Å²) in [5.41, 5.74) is 5.73. The fraction of sp³-hybridized carbons (Fsp3) is 0.636. The second kappa shape index (κ2) is 8.18. The van der Waals surface area contributed by atoms with E-state index in [9.17, 15) is 9.00 Å². The van der Waals surface area contributed by atoms with Crippen LogP contribution in [0.1, 0.15) is 16.6 Å². The van der Waals surface area contributed by atoms with Crippen LogP contribution in [0.15, 0.2) is 0 Å². The lowest BCUT2D eigenvalue weighted by Crippen LogP contribution is -2.36. The lowest BCUT2D eigenvalue weighted by Gasteiger charge is -2.11. The number of hydrogen-bond acceptors (Lipinski definition) is 7. The van der Waals surface area contributed by atoms with Gasteiger partial charge in [0.15, 0.2) is 5.13 Å². The van der Waals surface area contributed by atoms with Gasteiger partial charge in [-0.1, -0.05) is 11.3 Å². The molecule has 0 aliphatic carbocycles. The van der Waals surface area contributed by atoms with Crippen LogP contribution in [0.4, 0.5) is 10.9 Å². The van der Waals surface area contributed by atoms with Crippen LogP contribution in [-0.2, 0) is 15.5 Å². The highest BCUT2D eigenvalue weighted by Gasteiger charge is 2.18. The molecule has 0 aliphatic heterocycles. The van der Waals surface area contributed by atoms with Gasteiger partial charge in [0.2, 0.25) is 0 Å². The fourth-order valence-corrected chi connectivity index (χ4v) is 3.11. The second-order valence-corrected chi connectivity index (χ2v) is 6.75. The number of methoxy groups -OCH3 is 1. The molecule has 4 N–H and O–H groups in total. The van der Waals surface area contributed by atoms with Crippen LogP contribution in [0.25, 0.3) is 0 Å². The Morgan fingerprint density at radius 1 is 1.60 bits per heavy atom. The quantitative estimate of drug-likeness (QED) is 0.594. The monoisotopic (exact) mass is 320 g/mol. The molecule has 0 spiro atoms. The van der Waals surface area contributed by atoms with E-state index in [1.165, 1.54) is 11.3 Å². The zero-order chi connectivity index (χ0) is 15.1.